The van der Waals surface area contributed by atoms with E-state index in [1.165, 1.54) is 27.8 Å². The van der Waals surface area contributed by atoms with Crippen molar-refractivity contribution in [3.8, 4) is 11.1 Å². The van der Waals surface area contributed by atoms with E-state index in [4.69, 9.17) is 17.6 Å². The molecular formula is C31H29N5O2S2. The number of hydrogen-bond acceptors (Lipinski definition) is 8. The summed E-state index contributed by atoms with van der Waals surface area (Å²) in [5.74, 6) is -0.399. The highest BCUT2D eigenvalue weighted by Gasteiger charge is 2.39. The van der Waals surface area contributed by atoms with E-state index in [1.54, 1.807) is 17.7 Å². The number of piperidine rings is 1. The molecule has 4 aromatic rings. The van der Waals surface area contributed by atoms with E-state index in [-0.39, 0.29) is 23.2 Å². The van der Waals surface area contributed by atoms with Gasteiger partial charge in [-0.05, 0) is 40.7 Å². The van der Waals surface area contributed by atoms with Crippen molar-refractivity contribution in [3.05, 3.63) is 88.7 Å². The van der Waals surface area contributed by atoms with Crippen LogP contribution in [0.4, 0.5) is 0 Å². The summed E-state index contributed by atoms with van der Waals surface area (Å²) in [6, 6.07) is 16.8. The minimum atomic E-state index is -0.319. The third-order valence-electron chi connectivity index (χ3n) is 8.22. The first-order valence-corrected chi connectivity index (χ1v) is 15.0. The molecule has 2 unspecified atom stereocenters. The van der Waals surface area contributed by atoms with E-state index in [0.717, 1.165) is 47.5 Å². The van der Waals surface area contributed by atoms with Crippen LogP contribution in [0.15, 0.2) is 66.3 Å². The normalized spacial score (nSPS) is 21.9. The summed E-state index contributed by atoms with van der Waals surface area (Å²) < 4.78 is 0. The Bertz CT molecular complexity index is 1650. The van der Waals surface area contributed by atoms with Crippen LogP contribution in [0, 0.1) is 0 Å². The maximum absolute atomic E-state index is 12.5. The number of aromatic nitrogens is 2. The fraction of sp³-hybridized carbons (Fsp3) is 0.290. The van der Waals surface area contributed by atoms with Crippen molar-refractivity contribution in [1.29, 1.82) is 0 Å². The standard InChI is InChI=1S/C31H29N5O2S2/c37-26-9-8-25(29(38)34-26)36-16-22-7-6-19(14-23(22)31(36)39)15-35-12-10-21(11-13-35)28-27-24(20-4-2-1-3-5-20)17-40-30(27)33-18-32-28/h1-7,10,14,17-18,25,31,39H,8-9,11-13,15-16H2,(H,34,37,38). The lowest BCUT2D eigenvalue weighted by molar-refractivity contribution is -0.137. The average molecular weight is 568 g/mol. The smallest absolute Gasteiger partial charge is 0.243 e. The molecule has 0 radical (unpaired) electrons. The van der Waals surface area contributed by atoms with Gasteiger partial charge in [-0.15, -0.1) is 11.3 Å². The summed E-state index contributed by atoms with van der Waals surface area (Å²) in [7, 11) is 0. The fourth-order valence-corrected chi connectivity index (χ4v) is 7.54. The Hall–Kier alpha value is -3.37. The quantitative estimate of drug-likeness (QED) is 0.255. The number of fused-ring (bicyclic) bond motifs is 2. The number of nitrogens with one attached hydrogen (secondary N) is 1. The third kappa shape index (κ3) is 4.66. The Morgan fingerprint density at radius 1 is 1.07 bits per heavy atom. The first kappa shape index (κ1) is 25.6. The number of benzene rings is 2. The minimum Gasteiger partial charge on any atom is -0.295 e. The number of thiophene rings is 1. The molecule has 9 heteroatoms. The summed E-state index contributed by atoms with van der Waals surface area (Å²) in [5, 5.41) is 5.67. The van der Waals surface area contributed by atoms with Crippen molar-refractivity contribution >= 4 is 51.6 Å². The lowest BCUT2D eigenvalue weighted by atomic mass is 9.97. The largest absolute Gasteiger partial charge is 0.295 e. The molecule has 1 fully saturated rings. The van der Waals surface area contributed by atoms with E-state index in [0.29, 0.717) is 19.4 Å². The van der Waals surface area contributed by atoms with E-state index < -0.39 is 0 Å². The van der Waals surface area contributed by atoms with Gasteiger partial charge in [0.1, 0.15) is 11.2 Å². The Balaban J connectivity index is 1.07. The molecule has 7 nitrogen and oxygen atoms in total. The van der Waals surface area contributed by atoms with Crippen molar-refractivity contribution in [2.24, 2.45) is 0 Å². The number of imide groups is 1. The zero-order chi connectivity index (χ0) is 27.2. The van der Waals surface area contributed by atoms with E-state index in [1.807, 2.05) is 6.07 Å². The highest BCUT2D eigenvalue weighted by molar-refractivity contribution is 7.80. The number of nitrogens with zero attached hydrogens (tertiary/aromatic N) is 4. The van der Waals surface area contributed by atoms with Gasteiger partial charge >= 0.3 is 0 Å². The summed E-state index contributed by atoms with van der Waals surface area (Å²) in [6.07, 6.45) is 5.85. The van der Waals surface area contributed by atoms with E-state index >= 15 is 0 Å². The van der Waals surface area contributed by atoms with Gasteiger partial charge in [0, 0.05) is 48.9 Å². The van der Waals surface area contributed by atoms with Crippen LogP contribution in [0.3, 0.4) is 0 Å². The molecule has 40 heavy (non-hydrogen) atoms. The first-order valence-electron chi connectivity index (χ1n) is 13.6. The zero-order valence-electron chi connectivity index (χ0n) is 21.9. The minimum absolute atomic E-state index is 0.156. The van der Waals surface area contributed by atoms with Crippen LogP contribution >= 0.6 is 24.0 Å². The van der Waals surface area contributed by atoms with Crippen molar-refractivity contribution in [3.63, 3.8) is 0 Å². The third-order valence-corrected chi connectivity index (χ3v) is 9.69. The molecule has 0 aliphatic carbocycles. The molecule has 7 rings (SSSR count). The Morgan fingerprint density at radius 2 is 1.95 bits per heavy atom. The Kier molecular flexibility index (Phi) is 6.75. The molecular weight excluding hydrogens is 539 g/mol. The summed E-state index contributed by atoms with van der Waals surface area (Å²) in [5.41, 5.74) is 8.33. The highest BCUT2D eigenvalue weighted by atomic mass is 32.1. The number of rotatable bonds is 5. The van der Waals surface area contributed by atoms with Gasteiger partial charge in [0.15, 0.2) is 0 Å². The Labute approximate surface area is 242 Å². The molecule has 2 atom stereocenters. The number of carbonyl (C=O) groups is 2. The van der Waals surface area contributed by atoms with Crippen LogP contribution in [0.5, 0.6) is 0 Å². The second-order valence-corrected chi connectivity index (χ2v) is 12.0. The summed E-state index contributed by atoms with van der Waals surface area (Å²) in [4.78, 5) is 39.0. The first-order chi connectivity index (χ1) is 19.5. The lowest BCUT2D eigenvalue weighted by Gasteiger charge is -2.32. The van der Waals surface area contributed by atoms with Gasteiger partial charge in [0.25, 0.3) is 0 Å². The van der Waals surface area contributed by atoms with Gasteiger partial charge in [-0.25, -0.2) is 9.97 Å². The second kappa shape index (κ2) is 10.6. The van der Waals surface area contributed by atoms with Gasteiger partial charge in [0.05, 0.1) is 17.1 Å². The monoisotopic (exact) mass is 567 g/mol. The van der Waals surface area contributed by atoms with Crippen LogP contribution < -0.4 is 5.32 Å². The molecule has 1 saturated heterocycles. The van der Waals surface area contributed by atoms with Crippen molar-refractivity contribution in [2.75, 3.05) is 13.1 Å². The van der Waals surface area contributed by atoms with Crippen LogP contribution in [-0.2, 0) is 22.7 Å². The van der Waals surface area contributed by atoms with Crippen LogP contribution in [0.1, 0.15) is 47.0 Å². The van der Waals surface area contributed by atoms with Gasteiger partial charge in [-0.3, -0.25) is 24.7 Å². The Morgan fingerprint density at radius 3 is 2.75 bits per heavy atom. The molecule has 0 spiro atoms. The molecule has 0 bridgehead atoms. The predicted molar refractivity (Wildman–Crippen MR) is 161 cm³/mol. The molecule has 3 aliphatic rings. The molecule has 1 N–H and O–H groups in total. The molecule has 2 aromatic carbocycles. The van der Waals surface area contributed by atoms with Crippen LogP contribution in [-0.4, -0.2) is 50.7 Å². The molecule has 2 aromatic heterocycles. The fourth-order valence-electron chi connectivity index (χ4n) is 6.14. The zero-order valence-corrected chi connectivity index (χ0v) is 23.6. The summed E-state index contributed by atoms with van der Waals surface area (Å²) >= 11 is 6.56. The molecule has 0 saturated carbocycles. The lowest BCUT2D eigenvalue weighted by Crippen LogP contribution is -2.51. The highest BCUT2D eigenvalue weighted by Crippen LogP contribution is 2.40. The maximum atomic E-state index is 12.5. The molecule has 3 aliphatic heterocycles. The van der Waals surface area contributed by atoms with Gasteiger partial charge in [-0.2, -0.15) is 12.6 Å². The van der Waals surface area contributed by atoms with E-state index in [9.17, 15) is 9.59 Å². The maximum Gasteiger partial charge on any atom is 0.243 e. The van der Waals surface area contributed by atoms with Gasteiger partial charge in [0.2, 0.25) is 11.8 Å². The number of carbonyl (C=O) groups excluding carboxylic acids is 2. The van der Waals surface area contributed by atoms with Crippen LogP contribution in [0.25, 0.3) is 26.9 Å². The van der Waals surface area contributed by atoms with Crippen molar-refractivity contribution in [1.82, 2.24) is 25.1 Å². The van der Waals surface area contributed by atoms with Crippen molar-refractivity contribution < 1.29 is 9.59 Å². The molecule has 202 valence electrons. The second-order valence-electron chi connectivity index (χ2n) is 10.7. The van der Waals surface area contributed by atoms with Crippen molar-refractivity contribution in [2.45, 2.75) is 43.8 Å². The summed E-state index contributed by atoms with van der Waals surface area (Å²) in [6.45, 7) is 3.33. The van der Waals surface area contributed by atoms with Crippen LogP contribution in [0.2, 0.25) is 0 Å². The predicted octanol–water partition coefficient (Wildman–Crippen LogP) is 5.20. The van der Waals surface area contributed by atoms with Gasteiger partial charge < -0.3 is 0 Å². The SMILES string of the molecule is O=C1CCC(N2Cc3ccc(CN4CC=C(c5ncnc6scc(-c7ccccc7)c56)CC4)cc3C2S)C(=O)N1. The molecule has 5 heterocycles. The van der Waals surface area contributed by atoms with Gasteiger partial charge in [-0.1, -0.05) is 54.6 Å². The molecule has 2 amide bonds. The number of thiol groups is 1. The average Bonchev–Trinajstić information content (AvgIpc) is 3.55. The van der Waals surface area contributed by atoms with E-state index in [2.05, 4.69) is 74.0 Å². The topological polar surface area (TPSA) is 78.4 Å². The number of hydrogen-bond donors (Lipinski definition) is 2. The number of amides is 2.